The summed E-state index contributed by atoms with van der Waals surface area (Å²) in [7, 11) is 0. The minimum atomic E-state index is -0.946. The topological polar surface area (TPSA) is 173 Å². The van der Waals surface area contributed by atoms with Gasteiger partial charge in [-0.1, -0.05) is 13.0 Å². The van der Waals surface area contributed by atoms with Gasteiger partial charge in [-0.15, -0.1) is 24.2 Å². The number of hydrogen-bond donors (Lipinski definition) is 2. The van der Waals surface area contributed by atoms with Crippen molar-refractivity contribution < 1.29 is 47.7 Å². The number of thioether (sulfide) groups is 1. The Morgan fingerprint density at radius 3 is 2.64 bits per heavy atom. The number of esters is 3. The maximum Gasteiger partial charge on any atom is 0.358 e. The Labute approximate surface area is 234 Å². The van der Waals surface area contributed by atoms with Gasteiger partial charge in [-0.3, -0.25) is 24.1 Å². The van der Waals surface area contributed by atoms with Crippen LogP contribution in [0.3, 0.4) is 0 Å². The molecule has 3 N–H and O–H groups in total. The lowest BCUT2D eigenvalue weighted by Crippen LogP contribution is -2.71. The molecule has 0 spiro atoms. The number of benzene rings is 1. The monoisotopic (exact) mass is 585 g/mol. The summed E-state index contributed by atoms with van der Waals surface area (Å²) >= 11 is 1.29. The number of carbonyl (C=O) groups is 5. The summed E-state index contributed by atoms with van der Waals surface area (Å²) < 4.78 is 25.5. The van der Waals surface area contributed by atoms with Gasteiger partial charge in [0.15, 0.2) is 11.5 Å². The Morgan fingerprint density at radius 1 is 1.18 bits per heavy atom. The Hall–Kier alpha value is -3.49. The fourth-order valence-corrected chi connectivity index (χ4v) is 5.29. The predicted octanol–water partition coefficient (Wildman–Crippen LogP) is 0.378. The molecule has 0 saturated carbocycles. The predicted molar refractivity (Wildman–Crippen MR) is 138 cm³/mol. The third-order valence-electron chi connectivity index (χ3n) is 5.92. The highest BCUT2D eigenvalue weighted by Gasteiger charge is 2.54. The first-order valence-corrected chi connectivity index (χ1v) is 12.8. The summed E-state index contributed by atoms with van der Waals surface area (Å²) in [5.41, 5.74) is 7.11. The number of nitrogens with two attached hydrogens (primary N) is 1. The van der Waals surface area contributed by atoms with E-state index in [9.17, 15) is 24.0 Å². The number of hydrogen-bond acceptors (Lipinski definition) is 12. The first-order valence-electron chi connectivity index (χ1n) is 11.8. The Bertz CT molecular complexity index is 1190. The molecule has 0 radical (unpaired) electrons. The molecule has 1 unspecified atom stereocenters. The van der Waals surface area contributed by atoms with Gasteiger partial charge in [0.25, 0.3) is 5.91 Å². The summed E-state index contributed by atoms with van der Waals surface area (Å²) in [6, 6.07) is 3.38. The summed E-state index contributed by atoms with van der Waals surface area (Å²) in [5, 5.41) is 2.06. The number of rotatable bonds is 10. The van der Waals surface area contributed by atoms with Crippen molar-refractivity contribution in [2.75, 3.05) is 25.9 Å². The van der Waals surface area contributed by atoms with Crippen molar-refractivity contribution in [1.82, 2.24) is 10.2 Å². The van der Waals surface area contributed by atoms with E-state index in [1.54, 1.807) is 25.1 Å². The highest BCUT2D eigenvalue weighted by atomic mass is 35.5. The van der Waals surface area contributed by atoms with Crippen molar-refractivity contribution in [3.63, 3.8) is 0 Å². The highest BCUT2D eigenvalue weighted by Crippen LogP contribution is 2.41. The lowest BCUT2D eigenvalue weighted by Gasteiger charge is -2.49. The van der Waals surface area contributed by atoms with Crippen LogP contribution in [0.25, 0.3) is 0 Å². The Morgan fingerprint density at radius 2 is 1.92 bits per heavy atom. The number of nitrogens with zero attached hydrogens (tertiary/aromatic N) is 1. The highest BCUT2D eigenvalue weighted by molar-refractivity contribution is 8.00. The van der Waals surface area contributed by atoms with Gasteiger partial charge in [0.2, 0.25) is 19.5 Å². The molecule has 1 saturated heterocycles. The van der Waals surface area contributed by atoms with E-state index >= 15 is 0 Å². The number of β-lactam (4-membered cyclic amide) rings is 1. The molecule has 1 fully saturated rings. The maximum atomic E-state index is 13.1. The van der Waals surface area contributed by atoms with Gasteiger partial charge in [0.05, 0.1) is 6.04 Å². The molecule has 0 bridgehead atoms. The van der Waals surface area contributed by atoms with Crippen molar-refractivity contribution in [2.45, 2.75) is 44.1 Å². The molecule has 3 aliphatic rings. The van der Waals surface area contributed by atoms with Gasteiger partial charge < -0.3 is 34.7 Å². The van der Waals surface area contributed by atoms with Crippen LogP contribution >= 0.6 is 24.2 Å². The van der Waals surface area contributed by atoms with E-state index in [1.807, 2.05) is 0 Å². The zero-order valence-electron chi connectivity index (χ0n) is 21.1. The Balaban J connectivity index is 0.00000420. The molecular formula is C24H28ClN3O10S. The third-order valence-corrected chi connectivity index (χ3v) is 7.26. The number of nitrogens with one attached hydrogen (secondary N) is 1. The van der Waals surface area contributed by atoms with Crippen LogP contribution in [-0.4, -0.2) is 78.0 Å². The van der Waals surface area contributed by atoms with Gasteiger partial charge in [0.1, 0.15) is 23.7 Å². The van der Waals surface area contributed by atoms with Crippen LogP contribution in [0.5, 0.6) is 11.5 Å². The van der Waals surface area contributed by atoms with E-state index in [2.05, 4.69) is 5.32 Å². The summed E-state index contributed by atoms with van der Waals surface area (Å²) in [4.78, 5) is 62.6. The SMILES string of the molecule is CCC(=O)OCOC(=O)C1=C(COC(C)=O)CS[C@@H]2[C@H](NC(=O)C(N)Cc3ccc4c(c3)OCO4)C(=O)N12.Cl. The van der Waals surface area contributed by atoms with Crippen LogP contribution in [0.1, 0.15) is 25.8 Å². The van der Waals surface area contributed by atoms with E-state index in [-0.39, 0.29) is 50.1 Å². The average molecular weight is 586 g/mol. The summed E-state index contributed by atoms with van der Waals surface area (Å²) in [6.07, 6.45) is 0.296. The molecule has 3 aliphatic heterocycles. The van der Waals surface area contributed by atoms with E-state index in [4.69, 9.17) is 29.4 Å². The molecule has 39 heavy (non-hydrogen) atoms. The second-order valence-electron chi connectivity index (χ2n) is 8.55. The zero-order valence-corrected chi connectivity index (χ0v) is 22.8. The molecule has 1 aromatic carbocycles. The summed E-state index contributed by atoms with van der Waals surface area (Å²) in [5.74, 6) is -1.72. The largest absolute Gasteiger partial charge is 0.461 e. The van der Waals surface area contributed by atoms with E-state index in [1.165, 1.54) is 23.6 Å². The third kappa shape index (κ3) is 6.75. The van der Waals surface area contributed by atoms with E-state index in [0.717, 1.165) is 5.56 Å². The second-order valence-corrected chi connectivity index (χ2v) is 9.65. The molecular weight excluding hydrogens is 558 g/mol. The van der Waals surface area contributed by atoms with Crippen molar-refractivity contribution in [3.8, 4) is 11.5 Å². The first-order chi connectivity index (χ1) is 18.2. The second kappa shape index (κ2) is 13.0. The van der Waals surface area contributed by atoms with Crippen LogP contribution in [0.15, 0.2) is 29.5 Å². The van der Waals surface area contributed by atoms with Crippen LogP contribution in [0.2, 0.25) is 0 Å². The molecule has 3 heterocycles. The fourth-order valence-electron chi connectivity index (χ4n) is 3.97. The number of amides is 2. The Kier molecular flexibility index (Phi) is 10.1. The van der Waals surface area contributed by atoms with E-state index in [0.29, 0.717) is 17.1 Å². The zero-order chi connectivity index (χ0) is 27.4. The first kappa shape index (κ1) is 30.1. The number of carbonyl (C=O) groups excluding carboxylic acids is 5. The fraction of sp³-hybridized carbons (Fsp3) is 0.458. The molecule has 4 rings (SSSR count). The minimum Gasteiger partial charge on any atom is -0.461 e. The minimum absolute atomic E-state index is 0. The normalized spacial score (nSPS) is 19.7. The van der Waals surface area contributed by atoms with Crippen molar-refractivity contribution in [2.24, 2.45) is 5.73 Å². The van der Waals surface area contributed by atoms with Gasteiger partial charge in [0, 0.05) is 24.7 Å². The van der Waals surface area contributed by atoms with Crippen LogP contribution < -0.4 is 20.5 Å². The van der Waals surface area contributed by atoms with E-state index < -0.39 is 54.0 Å². The standard InChI is InChI=1S/C24H27N3O10S.ClH/c1-3-18(29)36-11-37-24(32)20-14(8-33-12(2)28)9-38-23-19(22(31)27(20)23)26-21(30)15(25)6-13-4-5-16-17(7-13)35-10-34-16;/h4-5,7,15,19,23H,3,6,8-11,25H2,1-2H3,(H,26,30);1H/t15?,19-,23-;/m1./s1. The quantitative estimate of drug-likeness (QED) is 0.220. The van der Waals surface area contributed by atoms with Crippen molar-refractivity contribution in [1.29, 1.82) is 0 Å². The maximum absolute atomic E-state index is 13.1. The smallest absolute Gasteiger partial charge is 0.358 e. The van der Waals surface area contributed by atoms with Gasteiger partial charge in [-0.2, -0.15) is 0 Å². The van der Waals surface area contributed by atoms with Crippen LogP contribution in [0, 0.1) is 0 Å². The molecule has 13 nitrogen and oxygen atoms in total. The molecule has 1 aromatic rings. The molecule has 212 valence electrons. The van der Waals surface area contributed by atoms with Gasteiger partial charge >= 0.3 is 17.9 Å². The lowest BCUT2D eigenvalue weighted by atomic mass is 10.0. The molecule has 0 aliphatic carbocycles. The molecule has 0 aromatic heterocycles. The number of ether oxygens (including phenoxy) is 5. The van der Waals surface area contributed by atoms with Crippen LogP contribution in [-0.2, 0) is 44.6 Å². The van der Waals surface area contributed by atoms with Crippen LogP contribution in [0.4, 0.5) is 0 Å². The number of halogens is 1. The van der Waals surface area contributed by atoms with Gasteiger partial charge in [-0.25, -0.2) is 4.79 Å². The lowest BCUT2D eigenvalue weighted by molar-refractivity contribution is -0.168. The molecule has 2 amide bonds. The van der Waals surface area contributed by atoms with Gasteiger partial charge in [-0.05, 0) is 24.1 Å². The summed E-state index contributed by atoms with van der Waals surface area (Å²) in [6.45, 7) is 2.07. The van der Waals surface area contributed by atoms with Crippen molar-refractivity contribution in [3.05, 3.63) is 35.0 Å². The average Bonchev–Trinajstić information content (AvgIpc) is 3.37. The molecule has 15 heteroatoms. The number of fused-ring (bicyclic) bond motifs is 2. The molecule has 3 atom stereocenters. The van der Waals surface area contributed by atoms with Crippen molar-refractivity contribution >= 4 is 53.9 Å².